The molecule has 2 fully saturated rings. The maximum atomic E-state index is 13.4. The van der Waals surface area contributed by atoms with Crippen LogP contribution in [0.25, 0.3) is 0 Å². The SMILES string of the molecule is CCOCC1(NC(=O)C2CN(c3cc(C)c4c(n3)[C@H](C(C)S/C=C\N)CCC=C(C(=O)O)C4=O)C2)CCCCC1. The summed E-state index contributed by atoms with van der Waals surface area (Å²) in [5, 5.41) is 14.9. The molecule has 1 saturated heterocycles. The minimum Gasteiger partial charge on any atom is -0.478 e. The molecule has 1 aliphatic heterocycles. The summed E-state index contributed by atoms with van der Waals surface area (Å²) in [7, 11) is 0. The number of rotatable bonds is 10. The van der Waals surface area contributed by atoms with Crippen LogP contribution >= 0.6 is 11.8 Å². The Kier molecular flexibility index (Phi) is 9.94. The van der Waals surface area contributed by atoms with Crippen molar-refractivity contribution >= 4 is 35.2 Å². The van der Waals surface area contributed by atoms with Crippen molar-refractivity contribution in [3.8, 4) is 0 Å². The third-order valence-electron chi connectivity index (χ3n) is 8.41. The van der Waals surface area contributed by atoms with Crippen LogP contribution in [0.4, 0.5) is 5.82 Å². The number of nitrogens with one attached hydrogen (secondary N) is 1. The van der Waals surface area contributed by atoms with Crippen LogP contribution in [0.15, 0.2) is 29.3 Å². The lowest BCUT2D eigenvalue weighted by Crippen LogP contribution is -2.60. The maximum Gasteiger partial charge on any atom is 0.339 e. The van der Waals surface area contributed by atoms with E-state index in [4.69, 9.17) is 15.5 Å². The van der Waals surface area contributed by atoms with Crippen LogP contribution in [0.5, 0.6) is 0 Å². The highest BCUT2D eigenvalue weighted by molar-refractivity contribution is 8.02. The molecule has 218 valence electrons. The lowest BCUT2D eigenvalue weighted by atomic mass is 9.81. The predicted octanol–water partition coefficient (Wildman–Crippen LogP) is 4.30. The Morgan fingerprint density at radius 1 is 1.32 bits per heavy atom. The van der Waals surface area contributed by atoms with Gasteiger partial charge in [-0.1, -0.05) is 32.3 Å². The first-order chi connectivity index (χ1) is 19.2. The lowest BCUT2D eigenvalue weighted by Gasteiger charge is -2.43. The van der Waals surface area contributed by atoms with Crippen molar-refractivity contribution in [2.24, 2.45) is 11.7 Å². The van der Waals surface area contributed by atoms with E-state index < -0.39 is 11.8 Å². The first-order valence-electron chi connectivity index (χ1n) is 14.4. The summed E-state index contributed by atoms with van der Waals surface area (Å²) in [5.74, 6) is -1.16. The molecule has 10 heteroatoms. The van der Waals surface area contributed by atoms with Gasteiger partial charge in [-0.2, -0.15) is 0 Å². The molecule has 40 heavy (non-hydrogen) atoms. The number of fused-ring (bicyclic) bond motifs is 1. The van der Waals surface area contributed by atoms with Gasteiger partial charge in [-0.05, 0) is 56.6 Å². The predicted molar refractivity (Wildman–Crippen MR) is 158 cm³/mol. The summed E-state index contributed by atoms with van der Waals surface area (Å²) < 4.78 is 5.75. The van der Waals surface area contributed by atoms with Crippen molar-refractivity contribution in [2.45, 2.75) is 82.4 Å². The molecule has 9 nitrogen and oxygen atoms in total. The van der Waals surface area contributed by atoms with E-state index in [0.717, 1.165) is 25.7 Å². The van der Waals surface area contributed by atoms with Crippen molar-refractivity contribution in [1.82, 2.24) is 10.3 Å². The number of allylic oxidation sites excluding steroid dienone is 1. The number of carboxylic acid groups (broad SMARTS) is 1. The maximum absolute atomic E-state index is 13.4. The van der Waals surface area contributed by atoms with Crippen molar-refractivity contribution < 1.29 is 24.2 Å². The van der Waals surface area contributed by atoms with Crippen LogP contribution < -0.4 is 16.0 Å². The summed E-state index contributed by atoms with van der Waals surface area (Å²) in [4.78, 5) is 45.6. The number of aliphatic carboxylic acids is 1. The number of hydrogen-bond acceptors (Lipinski definition) is 8. The average Bonchev–Trinajstić information content (AvgIpc) is 2.88. The zero-order valence-electron chi connectivity index (χ0n) is 23.8. The second-order valence-corrected chi connectivity index (χ2v) is 12.5. The number of aromatic nitrogens is 1. The largest absolute Gasteiger partial charge is 0.478 e. The van der Waals surface area contributed by atoms with Crippen LogP contribution in [0.1, 0.15) is 86.3 Å². The monoisotopic (exact) mass is 570 g/mol. The van der Waals surface area contributed by atoms with Crippen LogP contribution in [0, 0.1) is 12.8 Å². The Labute approximate surface area is 241 Å². The lowest BCUT2D eigenvalue weighted by molar-refractivity contribution is -0.132. The second-order valence-electron chi connectivity index (χ2n) is 11.2. The fourth-order valence-electron chi connectivity index (χ4n) is 6.11. The van der Waals surface area contributed by atoms with Gasteiger partial charge in [0.15, 0.2) is 0 Å². The standard InChI is InChI=1S/C30H42N4O5S/c1-4-39-18-30(11-6-5-7-12-30)33-28(36)21-16-34(17-21)24-15-19(2)25-26(32-24)22(20(3)40-14-13-31)9-8-10-23(27(25)35)29(37)38/h10,13-15,20-22H,4-9,11-12,16-18,31H2,1-3H3,(H,33,36)(H,37,38)/b14-13-,23-10?/t20?,22-/m0/s1. The first-order valence-corrected chi connectivity index (χ1v) is 15.3. The van der Waals surface area contributed by atoms with Gasteiger partial charge in [0.1, 0.15) is 11.4 Å². The average molecular weight is 571 g/mol. The van der Waals surface area contributed by atoms with E-state index in [1.165, 1.54) is 18.7 Å². The molecule has 1 saturated carbocycles. The summed E-state index contributed by atoms with van der Waals surface area (Å²) >= 11 is 1.57. The van der Waals surface area contributed by atoms with Crippen molar-refractivity contribution in [3.63, 3.8) is 0 Å². The molecule has 0 aromatic carbocycles. The number of nitrogens with two attached hydrogens (primary N) is 1. The smallest absolute Gasteiger partial charge is 0.339 e. The van der Waals surface area contributed by atoms with Crippen molar-refractivity contribution in [2.75, 3.05) is 31.2 Å². The van der Waals surface area contributed by atoms with Crippen LogP contribution in [-0.4, -0.2) is 64.8 Å². The van der Waals surface area contributed by atoms with Gasteiger partial charge in [0, 0.05) is 42.6 Å². The van der Waals surface area contributed by atoms with Crippen molar-refractivity contribution in [1.29, 1.82) is 0 Å². The van der Waals surface area contributed by atoms with Crippen LogP contribution in [0.3, 0.4) is 0 Å². The van der Waals surface area contributed by atoms with E-state index in [1.54, 1.807) is 11.8 Å². The number of anilines is 1. The summed E-state index contributed by atoms with van der Waals surface area (Å²) in [6, 6.07) is 1.85. The zero-order chi connectivity index (χ0) is 28.9. The van der Waals surface area contributed by atoms with E-state index in [1.807, 2.05) is 25.3 Å². The highest BCUT2D eigenvalue weighted by Crippen LogP contribution is 2.39. The molecule has 2 heterocycles. The Bertz CT molecular complexity index is 1170. The molecule has 1 aromatic rings. The first kappa shape index (κ1) is 30.1. The number of aryl methyl sites for hydroxylation is 1. The number of amides is 1. The van der Waals surface area contributed by atoms with E-state index in [-0.39, 0.29) is 34.1 Å². The Balaban J connectivity index is 1.56. The molecule has 4 rings (SSSR count). The number of carbonyl (C=O) groups is 3. The van der Waals surface area contributed by atoms with E-state index in [2.05, 4.69) is 17.1 Å². The fraction of sp³-hybridized carbons (Fsp3) is 0.600. The van der Waals surface area contributed by atoms with Gasteiger partial charge >= 0.3 is 5.97 Å². The molecule has 1 aromatic heterocycles. The Morgan fingerprint density at radius 2 is 2.05 bits per heavy atom. The second kappa shape index (κ2) is 13.2. The number of Topliss-reactive ketones (excluding diaryl/α,β-unsaturated/α-hetero) is 1. The highest BCUT2D eigenvalue weighted by Gasteiger charge is 2.41. The number of thioether (sulfide) groups is 1. The van der Waals surface area contributed by atoms with Crippen molar-refractivity contribution in [3.05, 3.63) is 46.1 Å². The fourth-order valence-corrected chi connectivity index (χ4v) is 6.90. The molecule has 4 N–H and O–H groups in total. The number of carboxylic acids is 1. The van der Waals surface area contributed by atoms with E-state index >= 15 is 0 Å². The van der Waals surface area contributed by atoms with E-state index in [9.17, 15) is 19.5 Å². The van der Waals surface area contributed by atoms with Gasteiger partial charge < -0.3 is 25.8 Å². The molecular formula is C30H42N4O5S. The molecule has 3 aliphatic rings. The molecule has 0 bridgehead atoms. The third kappa shape index (κ3) is 6.54. The third-order valence-corrected chi connectivity index (χ3v) is 9.48. The van der Waals surface area contributed by atoms with Gasteiger partial charge in [-0.3, -0.25) is 9.59 Å². The normalized spacial score (nSPS) is 22.1. The zero-order valence-corrected chi connectivity index (χ0v) is 24.6. The highest BCUT2D eigenvalue weighted by atomic mass is 32.2. The number of carbonyl (C=O) groups excluding carboxylic acids is 2. The number of nitrogens with zero attached hydrogens (tertiary/aromatic N) is 2. The van der Waals surface area contributed by atoms with Gasteiger partial charge in [0.2, 0.25) is 11.7 Å². The van der Waals surface area contributed by atoms with Gasteiger partial charge in [-0.25, -0.2) is 9.78 Å². The van der Waals surface area contributed by atoms with E-state index in [0.29, 0.717) is 61.8 Å². The number of hydrogen-bond donors (Lipinski definition) is 3. The molecule has 0 radical (unpaired) electrons. The van der Waals surface area contributed by atoms with Gasteiger partial charge in [0.25, 0.3) is 0 Å². The van der Waals surface area contributed by atoms with Gasteiger partial charge in [-0.15, -0.1) is 11.8 Å². The number of ketones is 1. The van der Waals surface area contributed by atoms with Gasteiger partial charge in [0.05, 0.1) is 23.8 Å². The molecule has 1 amide bonds. The van der Waals surface area contributed by atoms with Crippen LogP contribution in [-0.2, 0) is 14.3 Å². The summed E-state index contributed by atoms with van der Waals surface area (Å²) in [5.41, 5.74) is 6.79. The van der Waals surface area contributed by atoms with Crippen LogP contribution in [0.2, 0.25) is 0 Å². The quantitative estimate of drug-likeness (QED) is 0.352. The topological polar surface area (TPSA) is 135 Å². The Hall–Kier alpha value is -2.85. The minimum atomic E-state index is -1.22. The molecule has 0 spiro atoms. The Morgan fingerprint density at radius 3 is 2.70 bits per heavy atom. The number of ether oxygens (including phenoxy) is 1. The summed E-state index contributed by atoms with van der Waals surface area (Å²) in [6.07, 6.45) is 9.42. The molecule has 2 aliphatic carbocycles. The minimum absolute atomic E-state index is 0.0590. The molecule has 1 unspecified atom stereocenters. The molecular weight excluding hydrogens is 528 g/mol. The number of pyridine rings is 1. The summed E-state index contributed by atoms with van der Waals surface area (Å²) in [6.45, 7) is 8.15. The molecule has 2 atom stereocenters.